The van der Waals surface area contributed by atoms with Gasteiger partial charge in [-0.1, -0.05) is 49.2 Å². The summed E-state index contributed by atoms with van der Waals surface area (Å²) >= 11 is 6.19. The molecule has 6 nitrogen and oxygen atoms in total. The SMILES string of the molecule is CCOC(=O)c1ccc(N2CCN(CC3=C(c4ccc(Cl)cc4)CC(C)(C)CC3)CC2)cc1Oc1cccc(O)c1. The average Bonchev–Trinajstić information content (AvgIpc) is 2.95. The number of carbonyl (C=O) groups is 1. The molecular formula is C34H39ClN2O4. The monoisotopic (exact) mass is 574 g/mol. The summed E-state index contributed by atoms with van der Waals surface area (Å²) in [6, 6.07) is 20.5. The first-order valence-corrected chi connectivity index (χ1v) is 14.8. The molecule has 0 bridgehead atoms. The smallest absolute Gasteiger partial charge is 0.341 e. The van der Waals surface area contributed by atoms with Gasteiger partial charge in [0.2, 0.25) is 0 Å². The topological polar surface area (TPSA) is 62.2 Å². The third-order valence-electron chi connectivity index (χ3n) is 8.04. The molecule has 0 spiro atoms. The summed E-state index contributed by atoms with van der Waals surface area (Å²) in [5.74, 6) is 0.539. The van der Waals surface area contributed by atoms with Crippen LogP contribution in [0.15, 0.2) is 72.3 Å². The van der Waals surface area contributed by atoms with Crippen LogP contribution >= 0.6 is 11.6 Å². The van der Waals surface area contributed by atoms with Crippen molar-refractivity contribution in [1.82, 2.24) is 4.90 Å². The molecule has 5 rings (SSSR count). The first-order valence-electron chi connectivity index (χ1n) is 14.4. The molecule has 1 saturated heterocycles. The van der Waals surface area contributed by atoms with Gasteiger partial charge < -0.3 is 19.5 Å². The number of carbonyl (C=O) groups excluding carboxylic acids is 1. The second-order valence-electron chi connectivity index (χ2n) is 11.7. The molecule has 1 N–H and O–H groups in total. The quantitative estimate of drug-likeness (QED) is 0.277. The van der Waals surface area contributed by atoms with Crippen LogP contribution < -0.4 is 9.64 Å². The normalized spacial score (nSPS) is 17.4. The Balaban J connectivity index is 1.31. The van der Waals surface area contributed by atoms with E-state index in [1.54, 1.807) is 36.8 Å². The number of phenolic OH excluding ortho intramolecular Hbond substituents is 1. The Morgan fingerprint density at radius 1 is 1.00 bits per heavy atom. The van der Waals surface area contributed by atoms with Crippen molar-refractivity contribution >= 4 is 28.8 Å². The van der Waals surface area contributed by atoms with Crippen LogP contribution in [-0.4, -0.2) is 55.3 Å². The first kappa shape index (κ1) is 29.0. The van der Waals surface area contributed by atoms with Crippen LogP contribution in [0.5, 0.6) is 17.2 Å². The molecule has 1 aliphatic carbocycles. The minimum Gasteiger partial charge on any atom is -0.508 e. The van der Waals surface area contributed by atoms with E-state index in [9.17, 15) is 9.90 Å². The summed E-state index contributed by atoms with van der Waals surface area (Å²) in [5.41, 5.74) is 5.96. The molecular weight excluding hydrogens is 536 g/mol. The Bertz CT molecular complexity index is 1410. The number of allylic oxidation sites excluding steroid dienone is 1. The number of ether oxygens (including phenoxy) is 2. The van der Waals surface area contributed by atoms with Crippen LogP contribution in [0.4, 0.5) is 5.69 Å². The van der Waals surface area contributed by atoms with E-state index in [2.05, 4.69) is 35.8 Å². The zero-order valence-corrected chi connectivity index (χ0v) is 24.9. The van der Waals surface area contributed by atoms with Gasteiger partial charge in [-0.15, -0.1) is 0 Å². The summed E-state index contributed by atoms with van der Waals surface area (Å²) in [6.07, 6.45) is 3.41. The first-order chi connectivity index (χ1) is 19.7. The Morgan fingerprint density at radius 2 is 1.76 bits per heavy atom. The maximum atomic E-state index is 12.6. The lowest BCUT2D eigenvalue weighted by atomic mass is 9.72. The van der Waals surface area contributed by atoms with Gasteiger partial charge in [0.05, 0.1) is 6.61 Å². The van der Waals surface area contributed by atoms with Crippen LogP contribution in [0.3, 0.4) is 0 Å². The maximum absolute atomic E-state index is 12.6. The van der Waals surface area contributed by atoms with Crippen molar-refractivity contribution in [3.63, 3.8) is 0 Å². The lowest BCUT2D eigenvalue weighted by Gasteiger charge is -2.39. The zero-order valence-electron chi connectivity index (χ0n) is 24.2. The molecule has 3 aromatic rings. The number of rotatable bonds is 8. The molecule has 0 radical (unpaired) electrons. The molecule has 216 valence electrons. The Morgan fingerprint density at radius 3 is 2.46 bits per heavy atom. The highest BCUT2D eigenvalue weighted by atomic mass is 35.5. The predicted octanol–water partition coefficient (Wildman–Crippen LogP) is 7.80. The third kappa shape index (κ3) is 7.24. The molecule has 3 aromatic carbocycles. The molecule has 0 unspecified atom stereocenters. The van der Waals surface area contributed by atoms with Gasteiger partial charge in [-0.3, -0.25) is 4.90 Å². The number of hydrogen-bond donors (Lipinski definition) is 1. The Hall–Kier alpha value is -3.48. The van der Waals surface area contributed by atoms with Crippen LogP contribution in [0, 0.1) is 5.41 Å². The number of nitrogens with zero attached hydrogens (tertiary/aromatic N) is 2. The molecule has 41 heavy (non-hydrogen) atoms. The predicted molar refractivity (Wildman–Crippen MR) is 165 cm³/mol. The largest absolute Gasteiger partial charge is 0.508 e. The van der Waals surface area contributed by atoms with E-state index in [1.807, 2.05) is 24.3 Å². The summed E-state index contributed by atoms with van der Waals surface area (Å²) in [7, 11) is 0. The van der Waals surface area contributed by atoms with Gasteiger partial charge in [0, 0.05) is 55.6 Å². The van der Waals surface area contributed by atoms with Crippen LogP contribution in [0.1, 0.15) is 56.0 Å². The minimum absolute atomic E-state index is 0.100. The van der Waals surface area contributed by atoms with E-state index in [4.69, 9.17) is 21.1 Å². The molecule has 1 aliphatic heterocycles. The van der Waals surface area contributed by atoms with Crippen LogP contribution in [0.25, 0.3) is 5.57 Å². The molecule has 0 saturated carbocycles. The molecule has 2 aliphatic rings. The number of aromatic hydroxyl groups is 1. The van der Waals surface area contributed by atoms with Gasteiger partial charge in [0.25, 0.3) is 0 Å². The van der Waals surface area contributed by atoms with Crippen LogP contribution in [-0.2, 0) is 4.74 Å². The van der Waals surface area contributed by atoms with E-state index >= 15 is 0 Å². The number of halogens is 1. The van der Waals surface area contributed by atoms with Crippen molar-refractivity contribution in [2.24, 2.45) is 5.41 Å². The van der Waals surface area contributed by atoms with Crippen molar-refractivity contribution in [3.05, 3.63) is 88.5 Å². The van der Waals surface area contributed by atoms with Gasteiger partial charge in [-0.05, 0) is 79.1 Å². The summed E-state index contributed by atoms with van der Waals surface area (Å²) in [5, 5.41) is 10.7. The molecule has 1 heterocycles. The number of phenols is 1. The van der Waals surface area contributed by atoms with E-state index in [1.165, 1.54) is 23.6 Å². The standard InChI is InChI=1S/C34H39ClN2O4/c1-4-40-33(39)30-13-12-27(20-32(30)41-29-7-5-6-28(38)21-29)37-18-16-36(17-19-37)23-25-14-15-34(2,3)22-31(25)24-8-10-26(35)11-9-24/h5-13,20-21,38H,4,14-19,22-23H2,1-3H3. The summed E-state index contributed by atoms with van der Waals surface area (Å²) in [6.45, 7) is 11.4. The van der Waals surface area contributed by atoms with Gasteiger partial charge in [-0.2, -0.15) is 0 Å². The summed E-state index contributed by atoms with van der Waals surface area (Å²) < 4.78 is 11.3. The molecule has 1 fully saturated rings. The van der Waals surface area contributed by atoms with E-state index < -0.39 is 5.97 Å². The van der Waals surface area contributed by atoms with Gasteiger partial charge in [-0.25, -0.2) is 4.79 Å². The third-order valence-corrected chi connectivity index (χ3v) is 8.29. The van der Waals surface area contributed by atoms with Gasteiger partial charge >= 0.3 is 5.97 Å². The fraction of sp³-hybridized carbons (Fsp3) is 0.382. The van der Waals surface area contributed by atoms with Crippen molar-refractivity contribution in [1.29, 1.82) is 0 Å². The minimum atomic E-state index is -0.431. The van der Waals surface area contributed by atoms with Crippen molar-refractivity contribution in [3.8, 4) is 17.2 Å². The van der Waals surface area contributed by atoms with Gasteiger partial charge in [0.1, 0.15) is 22.8 Å². The highest BCUT2D eigenvalue weighted by Crippen LogP contribution is 2.43. The second-order valence-corrected chi connectivity index (χ2v) is 12.1. The fourth-order valence-electron chi connectivity index (χ4n) is 5.74. The zero-order chi connectivity index (χ0) is 29.0. The second kappa shape index (κ2) is 12.6. The number of hydrogen-bond acceptors (Lipinski definition) is 6. The number of esters is 1. The van der Waals surface area contributed by atoms with Crippen molar-refractivity contribution in [2.75, 3.05) is 44.2 Å². The molecule has 0 atom stereocenters. The van der Waals surface area contributed by atoms with E-state index in [-0.39, 0.29) is 12.4 Å². The highest BCUT2D eigenvalue weighted by molar-refractivity contribution is 6.30. The number of anilines is 1. The summed E-state index contributed by atoms with van der Waals surface area (Å²) in [4.78, 5) is 17.5. The molecule has 0 amide bonds. The lowest BCUT2D eigenvalue weighted by molar-refractivity contribution is 0.0523. The molecule has 7 heteroatoms. The maximum Gasteiger partial charge on any atom is 0.341 e. The van der Waals surface area contributed by atoms with E-state index in [0.717, 1.165) is 56.3 Å². The average molecular weight is 575 g/mol. The number of benzene rings is 3. The number of piperazine rings is 1. The van der Waals surface area contributed by atoms with E-state index in [0.29, 0.717) is 22.5 Å². The lowest BCUT2D eigenvalue weighted by Crippen LogP contribution is -2.47. The fourth-order valence-corrected chi connectivity index (χ4v) is 5.87. The van der Waals surface area contributed by atoms with Crippen LogP contribution in [0.2, 0.25) is 5.02 Å². The van der Waals surface area contributed by atoms with Gasteiger partial charge in [0.15, 0.2) is 0 Å². The highest BCUT2D eigenvalue weighted by Gasteiger charge is 2.29. The molecule has 0 aromatic heterocycles. The Labute approximate surface area is 248 Å². The van der Waals surface area contributed by atoms with Crippen molar-refractivity contribution in [2.45, 2.75) is 40.0 Å². The Kier molecular flexibility index (Phi) is 8.91. The van der Waals surface area contributed by atoms with Crippen molar-refractivity contribution < 1.29 is 19.4 Å².